The van der Waals surface area contributed by atoms with Crippen LogP contribution < -0.4 is 0 Å². The Morgan fingerprint density at radius 3 is 2.04 bits per heavy atom. The topological polar surface area (TPSA) is 95.3 Å². The Bertz CT molecular complexity index is 458. The molecule has 0 rings (SSSR count). The van der Waals surface area contributed by atoms with Gasteiger partial charge in [-0.2, -0.15) is 0 Å². The van der Waals surface area contributed by atoms with Crippen LogP contribution in [-0.4, -0.2) is 30.8 Å². The number of nitrogens with zero attached hydrogens (tertiary/aromatic N) is 3. The standard InChI is InChI=1S/C21H37N3O3/c1-27-21(26)18-16-14-12-10-8-6-4-2-3-5-7-9-11-13-15-17-20(25)19-23-24-22/h9-12,20,25H,2-8,13-19H2,1H3/b11-9-,12-10-/t20-/m1/s1. The Morgan fingerprint density at radius 1 is 0.963 bits per heavy atom. The van der Waals surface area contributed by atoms with Crippen molar-refractivity contribution in [2.75, 3.05) is 13.7 Å². The molecule has 0 fully saturated rings. The van der Waals surface area contributed by atoms with Gasteiger partial charge in [-0.1, -0.05) is 48.7 Å². The second kappa shape index (κ2) is 20.5. The first kappa shape index (κ1) is 25.2. The monoisotopic (exact) mass is 379 g/mol. The maximum Gasteiger partial charge on any atom is 0.305 e. The molecule has 1 N–H and O–H groups in total. The lowest BCUT2D eigenvalue weighted by molar-refractivity contribution is -0.140. The van der Waals surface area contributed by atoms with Crippen LogP contribution in [0.3, 0.4) is 0 Å². The predicted octanol–water partition coefficient (Wildman–Crippen LogP) is 6.01. The molecule has 0 spiro atoms. The molecule has 0 bridgehead atoms. The number of aliphatic hydroxyl groups excluding tert-OH is 1. The van der Waals surface area contributed by atoms with Gasteiger partial charge < -0.3 is 9.84 Å². The van der Waals surface area contributed by atoms with Gasteiger partial charge in [-0.05, 0) is 63.3 Å². The fraction of sp³-hybridized carbons (Fsp3) is 0.762. The molecule has 0 aromatic rings. The van der Waals surface area contributed by atoms with Crippen LogP contribution in [0.1, 0.15) is 83.5 Å². The van der Waals surface area contributed by atoms with Crippen molar-refractivity contribution < 1.29 is 14.6 Å². The van der Waals surface area contributed by atoms with Crippen molar-refractivity contribution in [3.63, 3.8) is 0 Å². The second-order valence-electron chi connectivity index (χ2n) is 6.75. The Morgan fingerprint density at radius 2 is 1.48 bits per heavy atom. The normalized spacial score (nSPS) is 12.4. The van der Waals surface area contributed by atoms with Crippen LogP contribution in [0.15, 0.2) is 29.4 Å². The predicted molar refractivity (Wildman–Crippen MR) is 110 cm³/mol. The molecular weight excluding hydrogens is 342 g/mol. The number of azide groups is 1. The lowest BCUT2D eigenvalue weighted by Crippen LogP contribution is -2.09. The van der Waals surface area contributed by atoms with Crippen LogP contribution >= 0.6 is 0 Å². The summed E-state index contributed by atoms with van der Waals surface area (Å²) < 4.78 is 4.61. The minimum absolute atomic E-state index is 0.126. The number of carbonyl (C=O) groups is 1. The van der Waals surface area contributed by atoms with Crippen molar-refractivity contribution in [2.45, 2.75) is 89.6 Å². The highest BCUT2D eigenvalue weighted by molar-refractivity contribution is 5.68. The highest BCUT2D eigenvalue weighted by atomic mass is 16.5. The van der Waals surface area contributed by atoms with Gasteiger partial charge in [0.2, 0.25) is 0 Å². The molecule has 0 aliphatic carbocycles. The number of unbranched alkanes of at least 4 members (excludes halogenated alkanes) is 8. The van der Waals surface area contributed by atoms with Crippen molar-refractivity contribution in [1.29, 1.82) is 0 Å². The molecule has 0 saturated carbocycles. The number of hydrogen-bond acceptors (Lipinski definition) is 4. The molecule has 0 saturated heterocycles. The van der Waals surface area contributed by atoms with Crippen molar-refractivity contribution in [2.24, 2.45) is 5.11 Å². The first-order valence-electron chi connectivity index (χ1n) is 10.3. The van der Waals surface area contributed by atoms with E-state index in [0.717, 1.165) is 38.5 Å². The van der Waals surface area contributed by atoms with Crippen LogP contribution in [0.4, 0.5) is 0 Å². The van der Waals surface area contributed by atoms with E-state index in [1.807, 2.05) is 0 Å². The Labute approximate surface area is 164 Å². The largest absolute Gasteiger partial charge is 0.469 e. The number of rotatable bonds is 18. The molecule has 0 aliphatic heterocycles. The summed E-state index contributed by atoms with van der Waals surface area (Å²) >= 11 is 0. The van der Waals surface area contributed by atoms with E-state index < -0.39 is 6.10 Å². The number of methoxy groups -OCH3 is 1. The molecule has 0 radical (unpaired) electrons. The van der Waals surface area contributed by atoms with Crippen LogP contribution in [0, 0.1) is 0 Å². The van der Waals surface area contributed by atoms with Gasteiger partial charge in [0.05, 0.1) is 19.8 Å². The van der Waals surface area contributed by atoms with Crippen molar-refractivity contribution in [1.82, 2.24) is 0 Å². The first-order chi connectivity index (χ1) is 13.2. The maximum atomic E-state index is 10.9. The van der Waals surface area contributed by atoms with Crippen LogP contribution in [0.5, 0.6) is 0 Å². The van der Waals surface area contributed by atoms with E-state index in [4.69, 9.17) is 5.53 Å². The van der Waals surface area contributed by atoms with Crippen LogP contribution in [-0.2, 0) is 9.53 Å². The lowest BCUT2D eigenvalue weighted by Gasteiger charge is -2.04. The summed E-state index contributed by atoms with van der Waals surface area (Å²) in [5.41, 5.74) is 8.17. The van der Waals surface area contributed by atoms with E-state index in [2.05, 4.69) is 39.1 Å². The Balaban J connectivity index is 3.28. The molecule has 1 atom stereocenters. The van der Waals surface area contributed by atoms with Gasteiger partial charge in [0.25, 0.3) is 0 Å². The van der Waals surface area contributed by atoms with Crippen LogP contribution in [0.2, 0.25) is 0 Å². The van der Waals surface area contributed by atoms with E-state index in [1.165, 1.54) is 39.2 Å². The lowest BCUT2D eigenvalue weighted by atomic mass is 10.1. The SMILES string of the molecule is COC(=O)CCC/C=C\CCCCCCC/C=C\CCC[C@@H](O)CN=[N+]=[N-]. The fourth-order valence-electron chi connectivity index (χ4n) is 2.69. The summed E-state index contributed by atoms with van der Waals surface area (Å²) in [6.45, 7) is 0.172. The average Bonchev–Trinajstić information content (AvgIpc) is 2.68. The highest BCUT2D eigenvalue weighted by Gasteiger charge is 2.00. The molecule has 0 unspecified atom stereocenters. The molecule has 154 valence electrons. The maximum absolute atomic E-state index is 10.9. The number of hydrogen-bond donors (Lipinski definition) is 1. The molecule has 27 heavy (non-hydrogen) atoms. The van der Waals surface area contributed by atoms with E-state index >= 15 is 0 Å². The summed E-state index contributed by atoms with van der Waals surface area (Å²) in [5.74, 6) is -0.126. The summed E-state index contributed by atoms with van der Waals surface area (Å²) in [7, 11) is 1.43. The number of ether oxygens (including phenoxy) is 1. The smallest absolute Gasteiger partial charge is 0.305 e. The van der Waals surface area contributed by atoms with Crippen LogP contribution in [0.25, 0.3) is 10.4 Å². The minimum Gasteiger partial charge on any atom is -0.469 e. The van der Waals surface area contributed by atoms with Crippen molar-refractivity contribution in [3.05, 3.63) is 34.7 Å². The fourth-order valence-corrected chi connectivity index (χ4v) is 2.69. The third-order valence-electron chi connectivity index (χ3n) is 4.32. The van der Waals surface area contributed by atoms with E-state index in [0.29, 0.717) is 12.8 Å². The highest BCUT2D eigenvalue weighted by Crippen LogP contribution is 2.09. The summed E-state index contributed by atoms with van der Waals surface area (Å²) in [6, 6.07) is 0. The van der Waals surface area contributed by atoms with Gasteiger partial charge in [0, 0.05) is 11.3 Å². The van der Waals surface area contributed by atoms with Gasteiger partial charge in [-0.15, -0.1) is 0 Å². The average molecular weight is 380 g/mol. The zero-order valence-electron chi connectivity index (χ0n) is 16.9. The summed E-state index contributed by atoms with van der Waals surface area (Å²) in [5, 5.41) is 12.9. The molecule has 6 nitrogen and oxygen atoms in total. The molecule has 0 heterocycles. The van der Waals surface area contributed by atoms with Gasteiger partial charge in [0.1, 0.15) is 0 Å². The summed E-state index contributed by atoms with van der Waals surface area (Å²) in [4.78, 5) is 13.6. The van der Waals surface area contributed by atoms with E-state index in [-0.39, 0.29) is 12.5 Å². The summed E-state index contributed by atoms with van der Waals surface area (Å²) in [6.07, 6.45) is 21.8. The zero-order chi connectivity index (χ0) is 20.0. The quantitative estimate of drug-likeness (QED) is 0.0788. The van der Waals surface area contributed by atoms with Crippen molar-refractivity contribution in [3.8, 4) is 0 Å². The Hall–Kier alpha value is -1.78. The number of esters is 1. The van der Waals surface area contributed by atoms with Gasteiger partial charge in [0.15, 0.2) is 0 Å². The molecule has 0 aromatic heterocycles. The van der Waals surface area contributed by atoms with Crippen molar-refractivity contribution >= 4 is 5.97 Å². The molecule has 0 aromatic carbocycles. The van der Waals surface area contributed by atoms with Gasteiger partial charge in [-0.25, -0.2) is 0 Å². The van der Waals surface area contributed by atoms with E-state index in [1.54, 1.807) is 0 Å². The molecule has 0 amide bonds. The second-order valence-corrected chi connectivity index (χ2v) is 6.75. The Kier molecular flexibility index (Phi) is 19.2. The zero-order valence-corrected chi connectivity index (χ0v) is 16.9. The first-order valence-corrected chi connectivity index (χ1v) is 10.3. The molecule has 6 heteroatoms. The van der Waals surface area contributed by atoms with E-state index in [9.17, 15) is 9.90 Å². The molecule has 0 aliphatic rings. The van der Waals surface area contributed by atoms with Gasteiger partial charge >= 0.3 is 5.97 Å². The third-order valence-corrected chi connectivity index (χ3v) is 4.32. The number of allylic oxidation sites excluding steroid dienone is 4. The number of aliphatic hydroxyl groups is 1. The third kappa shape index (κ3) is 20.4. The molecular formula is C21H37N3O3. The number of carbonyl (C=O) groups excluding carboxylic acids is 1. The van der Waals surface area contributed by atoms with Gasteiger partial charge in [-0.3, -0.25) is 4.79 Å². The minimum atomic E-state index is -0.510.